The molecule has 0 radical (unpaired) electrons. The number of fused-ring (bicyclic) bond motifs is 3. The number of aryl methyl sites for hydroxylation is 2. The number of morpholine rings is 1. The number of hydrogen-bond donors (Lipinski definition) is 1. The molecule has 0 bridgehead atoms. The molecule has 0 unspecified atom stereocenters. The second kappa shape index (κ2) is 10.1. The number of amides is 1. The number of hydrogen-bond acceptors (Lipinski definition) is 7. The Morgan fingerprint density at radius 1 is 1.33 bits per heavy atom. The minimum absolute atomic E-state index is 0.00674. The van der Waals surface area contributed by atoms with Crippen LogP contribution in [-0.4, -0.2) is 65.5 Å². The molecule has 0 atom stereocenters. The van der Waals surface area contributed by atoms with Crippen molar-refractivity contribution in [3.63, 3.8) is 0 Å². The first-order valence-corrected chi connectivity index (χ1v) is 12.3. The van der Waals surface area contributed by atoms with Crippen molar-refractivity contribution in [2.24, 2.45) is 0 Å². The molecular weight excluding hydrogens is 420 g/mol. The third kappa shape index (κ3) is 4.80. The van der Waals surface area contributed by atoms with Crippen molar-refractivity contribution in [1.29, 1.82) is 0 Å². The lowest BCUT2D eigenvalue weighted by molar-refractivity contribution is -0.118. The number of thiophene rings is 1. The van der Waals surface area contributed by atoms with Gasteiger partial charge in [-0.2, -0.15) is 0 Å². The number of ether oxygens (including phenoxy) is 1. The standard InChI is InChI=1S/C21H28N4O3S2/c1-2-8-25-20(27)18-15-5-3-6-16(15)30-19(18)23-21(25)29-14-17(26)22-7-4-9-24-10-12-28-13-11-24/h2H,1,3-14H2,(H,22,26). The highest BCUT2D eigenvalue weighted by Crippen LogP contribution is 2.35. The summed E-state index contributed by atoms with van der Waals surface area (Å²) in [4.78, 5) is 34.6. The van der Waals surface area contributed by atoms with Gasteiger partial charge in [0.2, 0.25) is 5.91 Å². The Morgan fingerprint density at radius 2 is 2.17 bits per heavy atom. The van der Waals surface area contributed by atoms with E-state index in [2.05, 4.69) is 16.8 Å². The minimum Gasteiger partial charge on any atom is -0.379 e. The number of carbonyl (C=O) groups is 1. The third-order valence-electron chi connectivity index (χ3n) is 5.51. The molecule has 0 saturated carbocycles. The van der Waals surface area contributed by atoms with Crippen molar-refractivity contribution in [3.05, 3.63) is 33.4 Å². The Morgan fingerprint density at radius 3 is 2.97 bits per heavy atom. The Bertz CT molecular complexity index is 979. The van der Waals surface area contributed by atoms with Crippen LogP contribution in [0.5, 0.6) is 0 Å². The van der Waals surface area contributed by atoms with Gasteiger partial charge in [0.05, 0.1) is 24.4 Å². The van der Waals surface area contributed by atoms with E-state index in [-0.39, 0.29) is 17.2 Å². The number of rotatable bonds is 9. The summed E-state index contributed by atoms with van der Waals surface area (Å²) in [5, 5.41) is 4.34. The molecule has 162 valence electrons. The van der Waals surface area contributed by atoms with Crippen molar-refractivity contribution in [1.82, 2.24) is 19.8 Å². The van der Waals surface area contributed by atoms with Crippen LogP contribution in [0.1, 0.15) is 23.3 Å². The van der Waals surface area contributed by atoms with Crippen molar-refractivity contribution in [3.8, 4) is 0 Å². The Labute approximate surface area is 184 Å². The van der Waals surface area contributed by atoms with E-state index in [0.29, 0.717) is 18.2 Å². The molecular formula is C21H28N4O3S2. The number of thioether (sulfide) groups is 1. The van der Waals surface area contributed by atoms with Crippen LogP contribution < -0.4 is 10.9 Å². The van der Waals surface area contributed by atoms with E-state index < -0.39 is 0 Å². The summed E-state index contributed by atoms with van der Waals surface area (Å²) < 4.78 is 7.00. The van der Waals surface area contributed by atoms with Crippen molar-refractivity contribution < 1.29 is 9.53 Å². The zero-order valence-corrected chi connectivity index (χ0v) is 18.8. The van der Waals surface area contributed by atoms with E-state index in [1.54, 1.807) is 22.0 Å². The van der Waals surface area contributed by atoms with E-state index >= 15 is 0 Å². The maximum Gasteiger partial charge on any atom is 0.263 e. The lowest BCUT2D eigenvalue weighted by Crippen LogP contribution is -2.38. The normalized spacial score (nSPS) is 16.7. The lowest BCUT2D eigenvalue weighted by atomic mass is 10.2. The van der Waals surface area contributed by atoms with Crippen LogP contribution in [0.2, 0.25) is 0 Å². The van der Waals surface area contributed by atoms with Crippen LogP contribution in [0, 0.1) is 0 Å². The predicted molar refractivity (Wildman–Crippen MR) is 122 cm³/mol. The zero-order valence-electron chi connectivity index (χ0n) is 17.2. The first-order valence-electron chi connectivity index (χ1n) is 10.5. The average Bonchev–Trinajstić information content (AvgIpc) is 3.34. The quantitative estimate of drug-likeness (QED) is 0.274. The average molecular weight is 449 g/mol. The summed E-state index contributed by atoms with van der Waals surface area (Å²) in [6.45, 7) is 9.31. The van der Waals surface area contributed by atoms with E-state index in [4.69, 9.17) is 9.72 Å². The SMILES string of the molecule is C=CCn1c(SCC(=O)NCCCN2CCOCC2)nc2sc3c(c2c1=O)CCC3. The number of allylic oxidation sites excluding steroid dienone is 1. The van der Waals surface area contributed by atoms with Gasteiger partial charge in [0.15, 0.2) is 5.16 Å². The van der Waals surface area contributed by atoms with Crippen LogP contribution in [0.15, 0.2) is 22.6 Å². The molecule has 1 aliphatic carbocycles. The molecule has 1 aliphatic heterocycles. The number of nitrogens with one attached hydrogen (secondary N) is 1. The summed E-state index contributed by atoms with van der Waals surface area (Å²) in [6.07, 6.45) is 5.73. The van der Waals surface area contributed by atoms with Crippen LogP contribution in [0.25, 0.3) is 10.2 Å². The van der Waals surface area contributed by atoms with Gasteiger partial charge < -0.3 is 10.1 Å². The van der Waals surface area contributed by atoms with E-state index in [1.807, 2.05) is 0 Å². The molecule has 9 heteroatoms. The van der Waals surface area contributed by atoms with Gasteiger partial charge >= 0.3 is 0 Å². The molecule has 2 aromatic rings. The Kier molecular flexibility index (Phi) is 7.24. The van der Waals surface area contributed by atoms with E-state index in [9.17, 15) is 9.59 Å². The minimum atomic E-state index is -0.0323. The molecule has 1 N–H and O–H groups in total. The highest BCUT2D eigenvalue weighted by molar-refractivity contribution is 7.99. The van der Waals surface area contributed by atoms with Crippen molar-refractivity contribution in [2.45, 2.75) is 37.4 Å². The Balaban J connectivity index is 1.36. The van der Waals surface area contributed by atoms with Gasteiger partial charge in [0, 0.05) is 31.1 Å². The van der Waals surface area contributed by atoms with Crippen LogP contribution in [-0.2, 0) is 28.9 Å². The second-order valence-electron chi connectivity index (χ2n) is 7.58. The fourth-order valence-electron chi connectivity index (χ4n) is 3.99. The summed E-state index contributed by atoms with van der Waals surface area (Å²) in [5.41, 5.74) is 1.17. The summed E-state index contributed by atoms with van der Waals surface area (Å²) in [6, 6.07) is 0. The number of aromatic nitrogens is 2. The molecule has 1 saturated heterocycles. The Hall–Kier alpha value is -1.68. The molecule has 4 rings (SSSR count). The molecule has 2 aliphatic rings. The number of nitrogens with zero attached hydrogens (tertiary/aromatic N) is 3. The third-order valence-corrected chi connectivity index (χ3v) is 7.67. The highest BCUT2D eigenvalue weighted by atomic mass is 32.2. The van der Waals surface area contributed by atoms with Crippen molar-refractivity contribution >= 4 is 39.2 Å². The van der Waals surface area contributed by atoms with Crippen LogP contribution in [0.4, 0.5) is 0 Å². The zero-order chi connectivity index (χ0) is 20.9. The fraction of sp³-hybridized carbons (Fsp3) is 0.571. The first kappa shape index (κ1) is 21.5. The van der Waals surface area contributed by atoms with Gasteiger partial charge in [-0.05, 0) is 37.8 Å². The van der Waals surface area contributed by atoms with Gasteiger partial charge in [-0.15, -0.1) is 17.9 Å². The fourth-order valence-corrected chi connectivity index (χ4v) is 6.14. The molecule has 0 spiro atoms. The summed E-state index contributed by atoms with van der Waals surface area (Å²) in [5.74, 6) is 0.215. The van der Waals surface area contributed by atoms with Gasteiger partial charge in [0.25, 0.3) is 5.56 Å². The topological polar surface area (TPSA) is 76.5 Å². The first-order chi connectivity index (χ1) is 14.7. The summed E-state index contributed by atoms with van der Waals surface area (Å²) >= 11 is 2.95. The smallest absolute Gasteiger partial charge is 0.263 e. The second-order valence-corrected chi connectivity index (χ2v) is 9.61. The van der Waals surface area contributed by atoms with Gasteiger partial charge in [-0.25, -0.2) is 4.98 Å². The number of carbonyl (C=O) groups excluding carboxylic acids is 1. The van der Waals surface area contributed by atoms with Crippen LogP contribution in [0.3, 0.4) is 0 Å². The maximum atomic E-state index is 13.1. The molecule has 7 nitrogen and oxygen atoms in total. The lowest BCUT2D eigenvalue weighted by Gasteiger charge is -2.26. The largest absolute Gasteiger partial charge is 0.379 e. The highest BCUT2D eigenvalue weighted by Gasteiger charge is 2.23. The van der Waals surface area contributed by atoms with E-state index in [0.717, 1.165) is 68.7 Å². The van der Waals surface area contributed by atoms with Crippen molar-refractivity contribution in [2.75, 3.05) is 45.1 Å². The monoisotopic (exact) mass is 448 g/mol. The van der Waals surface area contributed by atoms with Gasteiger partial charge in [-0.3, -0.25) is 19.1 Å². The predicted octanol–water partition coefficient (Wildman–Crippen LogP) is 2.06. The van der Waals surface area contributed by atoms with Gasteiger partial charge in [-0.1, -0.05) is 17.8 Å². The molecule has 1 amide bonds. The summed E-state index contributed by atoms with van der Waals surface area (Å²) in [7, 11) is 0. The molecule has 2 aromatic heterocycles. The van der Waals surface area contributed by atoms with Crippen LogP contribution >= 0.6 is 23.1 Å². The van der Waals surface area contributed by atoms with E-state index in [1.165, 1.54) is 22.2 Å². The molecule has 0 aromatic carbocycles. The molecule has 30 heavy (non-hydrogen) atoms. The molecule has 1 fully saturated rings. The maximum absolute atomic E-state index is 13.1. The van der Waals surface area contributed by atoms with Gasteiger partial charge in [0.1, 0.15) is 4.83 Å². The molecule has 3 heterocycles.